The number of aromatic amines is 1. The van der Waals surface area contributed by atoms with Crippen LogP contribution in [0.4, 0.5) is 0 Å². The molecule has 1 aromatic heterocycles. The molecular formula is C26H30N2O5. The highest BCUT2D eigenvalue weighted by atomic mass is 16.6. The van der Waals surface area contributed by atoms with Crippen molar-refractivity contribution >= 4 is 23.5 Å². The van der Waals surface area contributed by atoms with Crippen molar-refractivity contribution in [3.63, 3.8) is 0 Å². The van der Waals surface area contributed by atoms with E-state index in [4.69, 9.17) is 18.9 Å². The Morgan fingerprint density at radius 1 is 1.03 bits per heavy atom. The number of nitrogens with one attached hydrogen (secondary N) is 2. The first-order chi connectivity index (χ1) is 16.2. The Balaban J connectivity index is 1.50. The molecule has 0 saturated heterocycles. The fourth-order valence-electron chi connectivity index (χ4n) is 3.28. The van der Waals surface area contributed by atoms with Crippen LogP contribution in [0, 0.1) is 0 Å². The van der Waals surface area contributed by atoms with Crippen molar-refractivity contribution in [2.24, 2.45) is 0 Å². The summed E-state index contributed by atoms with van der Waals surface area (Å²) in [5, 5.41) is 4.21. The molecule has 33 heavy (non-hydrogen) atoms. The third-order valence-electron chi connectivity index (χ3n) is 4.87. The number of hydrogen-bond acceptors (Lipinski definition) is 6. The van der Waals surface area contributed by atoms with Crippen LogP contribution < -0.4 is 19.5 Å². The van der Waals surface area contributed by atoms with Crippen LogP contribution in [0.5, 0.6) is 17.2 Å². The van der Waals surface area contributed by atoms with E-state index in [2.05, 4.69) is 10.3 Å². The fourth-order valence-corrected chi connectivity index (χ4v) is 3.28. The smallest absolute Gasteiger partial charge is 0.293 e. The number of hydrogen-bond donors (Lipinski definition) is 2. The Bertz CT molecular complexity index is 1070. The minimum Gasteiger partial charge on any atom is -0.493 e. The van der Waals surface area contributed by atoms with Crippen molar-refractivity contribution in [1.29, 1.82) is 0 Å². The first kappa shape index (κ1) is 23.9. The molecule has 0 fully saturated rings. The lowest BCUT2D eigenvalue weighted by molar-refractivity contribution is -0.134. The van der Waals surface area contributed by atoms with Gasteiger partial charge in [-0.25, -0.2) is 0 Å². The largest absolute Gasteiger partial charge is 0.493 e. The number of methoxy groups -OCH3 is 1. The minimum atomic E-state index is -0.433. The van der Waals surface area contributed by atoms with E-state index < -0.39 is 6.10 Å². The highest BCUT2D eigenvalue weighted by molar-refractivity contribution is 5.88. The van der Waals surface area contributed by atoms with Crippen molar-refractivity contribution < 1.29 is 23.7 Å². The zero-order valence-corrected chi connectivity index (χ0v) is 19.0. The van der Waals surface area contributed by atoms with Gasteiger partial charge in [-0.1, -0.05) is 36.4 Å². The highest BCUT2D eigenvalue weighted by Crippen LogP contribution is 2.27. The molecule has 3 rings (SSSR count). The number of benzene rings is 2. The standard InChI is InChI=1S/C26H30N2O5/c1-3-4-5-9-20-16-22-23(28-20)10-8-13-24(22)32-18-21(33-19-29)17-27-14-15-31-26-12-7-6-11-25(26)30-2/h3-13,16,19,21,27-28H,14-15,17-18H2,1-2H3/b4-3-,9-5-. The number of aromatic nitrogens is 1. The van der Waals surface area contributed by atoms with E-state index in [0.29, 0.717) is 37.7 Å². The SMILES string of the molecule is C/C=C\C=C/c1cc2c(OCC(CNCCOc3ccccc3OC)OC=O)cccc2[nH]1. The second-order valence-corrected chi connectivity index (χ2v) is 7.20. The second-order valence-electron chi connectivity index (χ2n) is 7.20. The predicted octanol–water partition coefficient (Wildman–Crippen LogP) is 4.35. The average molecular weight is 451 g/mol. The highest BCUT2D eigenvalue weighted by Gasteiger charge is 2.12. The van der Waals surface area contributed by atoms with Crippen LogP contribution in [0.2, 0.25) is 0 Å². The lowest BCUT2D eigenvalue weighted by Crippen LogP contribution is -2.35. The van der Waals surface area contributed by atoms with Crippen LogP contribution in [-0.4, -0.2) is 51.0 Å². The summed E-state index contributed by atoms with van der Waals surface area (Å²) in [6.45, 7) is 4.11. The molecule has 7 nitrogen and oxygen atoms in total. The van der Waals surface area contributed by atoms with E-state index in [9.17, 15) is 4.79 Å². The fraction of sp³-hybridized carbons (Fsp3) is 0.269. The third kappa shape index (κ3) is 7.15. The number of ether oxygens (including phenoxy) is 4. The summed E-state index contributed by atoms with van der Waals surface area (Å²) in [5.41, 5.74) is 1.96. The number of para-hydroxylation sites is 2. The number of carbonyl (C=O) groups excluding carboxylic acids is 1. The molecule has 3 aromatic rings. The predicted molar refractivity (Wildman–Crippen MR) is 130 cm³/mol. The summed E-state index contributed by atoms with van der Waals surface area (Å²) >= 11 is 0. The van der Waals surface area contributed by atoms with Crippen LogP contribution in [-0.2, 0) is 9.53 Å². The quantitative estimate of drug-likeness (QED) is 0.216. The van der Waals surface area contributed by atoms with Gasteiger partial charge < -0.3 is 29.2 Å². The first-order valence-corrected chi connectivity index (χ1v) is 10.8. The van der Waals surface area contributed by atoms with Gasteiger partial charge in [-0.2, -0.15) is 0 Å². The molecule has 0 bridgehead atoms. The van der Waals surface area contributed by atoms with Gasteiger partial charge in [-0.3, -0.25) is 4.79 Å². The summed E-state index contributed by atoms with van der Waals surface area (Å²) < 4.78 is 22.2. The van der Waals surface area contributed by atoms with Crippen LogP contribution in [0.1, 0.15) is 12.6 Å². The molecule has 0 spiro atoms. The molecule has 0 aliphatic heterocycles. The van der Waals surface area contributed by atoms with E-state index in [0.717, 1.165) is 22.3 Å². The zero-order valence-electron chi connectivity index (χ0n) is 19.0. The Kier molecular flexibility index (Phi) is 9.42. The molecular weight excluding hydrogens is 420 g/mol. The van der Waals surface area contributed by atoms with Crippen LogP contribution >= 0.6 is 0 Å². The molecule has 7 heteroatoms. The van der Waals surface area contributed by atoms with Gasteiger partial charge in [0, 0.05) is 29.7 Å². The van der Waals surface area contributed by atoms with Crippen molar-refractivity contribution in [3.05, 3.63) is 72.5 Å². The van der Waals surface area contributed by atoms with Crippen molar-refractivity contribution in [3.8, 4) is 17.2 Å². The number of carbonyl (C=O) groups is 1. The average Bonchev–Trinajstić information content (AvgIpc) is 3.26. The topological polar surface area (TPSA) is 81.8 Å². The van der Waals surface area contributed by atoms with Gasteiger partial charge in [0.1, 0.15) is 25.1 Å². The molecule has 1 unspecified atom stereocenters. The third-order valence-corrected chi connectivity index (χ3v) is 4.87. The molecule has 1 atom stereocenters. The number of H-pyrrole nitrogens is 1. The van der Waals surface area contributed by atoms with Crippen molar-refractivity contribution in [2.75, 3.05) is 33.4 Å². The van der Waals surface area contributed by atoms with Gasteiger partial charge in [0.05, 0.1) is 7.11 Å². The van der Waals surface area contributed by atoms with Crippen molar-refractivity contribution in [2.45, 2.75) is 13.0 Å². The Morgan fingerprint density at radius 2 is 1.85 bits per heavy atom. The molecule has 2 aromatic carbocycles. The summed E-state index contributed by atoms with van der Waals surface area (Å²) in [6, 6.07) is 15.4. The monoisotopic (exact) mass is 450 g/mol. The van der Waals surface area contributed by atoms with Gasteiger partial charge in [0.15, 0.2) is 11.5 Å². The molecule has 0 amide bonds. The lowest BCUT2D eigenvalue weighted by Gasteiger charge is -2.17. The van der Waals surface area contributed by atoms with Crippen molar-refractivity contribution in [1.82, 2.24) is 10.3 Å². The first-order valence-electron chi connectivity index (χ1n) is 10.8. The van der Waals surface area contributed by atoms with E-state index >= 15 is 0 Å². The lowest BCUT2D eigenvalue weighted by atomic mass is 10.2. The van der Waals surface area contributed by atoms with E-state index in [1.165, 1.54) is 0 Å². The maximum atomic E-state index is 10.9. The van der Waals surface area contributed by atoms with Gasteiger partial charge in [0.2, 0.25) is 0 Å². The van der Waals surface area contributed by atoms with Gasteiger partial charge in [-0.05, 0) is 43.3 Å². The molecule has 0 saturated carbocycles. The number of rotatable bonds is 14. The molecule has 1 heterocycles. The van der Waals surface area contributed by atoms with Gasteiger partial charge in [0.25, 0.3) is 6.47 Å². The summed E-state index contributed by atoms with van der Waals surface area (Å²) in [5.74, 6) is 2.10. The molecule has 174 valence electrons. The maximum absolute atomic E-state index is 10.9. The molecule has 0 aliphatic carbocycles. The van der Waals surface area contributed by atoms with Crippen LogP contribution in [0.15, 0.2) is 66.8 Å². The Labute approximate surface area is 194 Å². The summed E-state index contributed by atoms with van der Waals surface area (Å²) in [7, 11) is 1.61. The van der Waals surface area contributed by atoms with Crippen LogP contribution in [0.25, 0.3) is 17.0 Å². The molecule has 0 radical (unpaired) electrons. The second kappa shape index (κ2) is 13.0. The van der Waals surface area contributed by atoms with Gasteiger partial charge in [-0.15, -0.1) is 0 Å². The summed E-state index contributed by atoms with van der Waals surface area (Å²) in [4.78, 5) is 14.3. The minimum absolute atomic E-state index is 0.229. The Morgan fingerprint density at radius 3 is 2.64 bits per heavy atom. The van der Waals surface area contributed by atoms with Gasteiger partial charge >= 0.3 is 0 Å². The normalized spacial score (nSPS) is 12.3. The van der Waals surface area contributed by atoms with E-state index in [1.807, 2.05) is 79.8 Å². The Hall–Kier alpha value is -3.71. The van der Waals surface area contributed by atoms with E-state index in [1.54, 1.807) is 7.11 Å². The number of allylic oxidation sites excluding steroid dienone is 3. The maximum Gasteiger partial charge on any atom is 0.293 e. The number of fused-ring (bicyclic) bond motifs is 1. The zero-order chi connectivity index (χ0) is 23.3. The van der Waals surface area contributed by atoms with E-state index in [-0.39, 0.29) is 6.61 Å². The van der Waals surface area contributed by atoms with Crippen LogP contribution in [0.3, 0.4) is 0 Å². The molecule has 0 aliphatic rings. The summed E-state index contributed by atoms with van der Waals surface area (Å²) in [6.07, 6.45) is 7.48. The molecule has 2 N–H and O–H groups in total.